The van der Waals surface area contributed by atoms with Gasteiger partial charge in [-0.05, 0) is 37.5 Å². The second-order valence-corrected chi connectivity index (χ2v) is 7.11. The largest absolute Gasteiger partial charge is 0.346 e. The normalized spacial score (nSPS) is 17.3. The van der Waals surface area contributed by atoms with Crippen molar-refractivity contribution in [2.24, 2.45) is 5.92 Å². The lowest BCUT2D eigenvalue weighted by molar-refractivity contribution is 0.0655. The van der Waals surface area contributed by atoms with Gasteiger partial charge in [-0.2, -0.15) is 0 Å². The number of aromatic amines is 1. The molecule has 0 fully saturated rings. The summed E-state index contributed by atoms with van der Waals surface area (Å²) in [6.07, 6.45) is 2.81. The van der Waals surface area contributed by atoms with Crippen molar-refractivity contribution in [1.82, 2.24) is 29.6 Å². The van der Waals surface area contributed by atoms with E-state index in [1.807, 2.05) is 30.2 Å². The number of rotatable bonds is 3. The predicted molar refractivity (Wildman–Crippen MR) is 94.1 cm³/mol. The molecule has 1 aliphatic heterocycles. The highest BCUT2D eigenvalue weighted by Gasteiger charge is 2.31. The van der Waals surface area contributed by atoms with Crippen molar-refractivity contribution in [3.63, 3.8) is 0 Å². The Hall–Kier alpha value is -2.70. The van der Waals surface area contributed by atoms with E-state index >= 15 is 0 Å². The molecule has 0 saturated carbocycles. The number of nitrogens with zero attached hydrogens (tertiary/aromatic N) is 5. The highest BCUT2D eigenvalue weighted by Crippen LogP contribution is 2.28. The fourth-order valence-corrected chi connectivity index (χ4v) is 3.66. The van der Waals surface area contributed by atoms with Crippen molar-refractivity contribution in [3.8, 4) is 0 Å². The summed E-state index contributed by atoms with van der Waals surface area (Å²) in [5.74, 6) is 2.24. The fraction of sp³-hybridized carbons (Fsp3) is 0.444. The average molecular weight is 338 g/mol. The number of nitrogens with one attached hydrogen (secondary N) is 1. The summed E-state index contributed by atoms with van der Waals surface area (Å²) in [4.78, 5) is 22.4. The van der Waals surface area contributed by atoms with Crippen molar-refractivity contribution in [2.75, 3.05) is 6.54 Å². The number of fused-ring (bicyclic) bond motifs is 2. The van der Waals surface area contributed by atoms with E-state index in [9.17, 15) is 4.79 Å². The van der Waals surface area contributed by atoms with E-state index in [0.29, 0.717) is 24.7 Å². The molecule has 0 spiro atoms. The van der Waals surface area contributed by atoms with Gasteiger partial charge < -0.3 is 14.5 Å². The first-order valence-corrected chi connectivity index (χ1v) is 8.66. The minimum Gasteiger partial charge on any atom is -0.346 e. The summed E-state index contributed by atoms with van der Waals surface area (Å²) in [7, 11) is 0. The lowest BCUT2D eigenvalue weighted by Crippen LogP contribution is -2.42. The predicted octanol–water partition coefficient (Wildman–Crippen LogP) is 2.71. The van der Waals surface area contributed by atoms with E-state index in [1.165, 1.54) is 0 Å². The van der Waals surface area contributed by atoms with Crippen molar-refractivity contribution in [3.05, 3.63) is 41.7 Å². The number of hydrogen-bond donors (Lipinski definition) is 1. The van der Waals surface area contributed by atoms with Crippen LogP contribution in [0.15, 0.2) is 24.4 Å². The molecule has 1 aliphatic rings. The first kappa shape index (κ1) is 15.8. The molecular weight excluding hydrogens is 316 g/mol. The Bertz CT molecular complexity index is 925. The Morgan fingerprint density at radius 3 is 2.96 bits per heavy atom. The van der Waals surface area contributed by atoms with Crippen LogP contribution in [0.3, 0.4) is 0 Å². The molecule has 0 aromatic carbocycles. The van der Waals surface area contributed by atoms with Crippen LogP contribution in [0.5, 0.6) is 0 Å². The van der Waals surface area contributed by atoms with Crippen LogP contribution in [0.25, 0.3) is 11.0 Å². The van der Waals surface area contributed by atoms with Gasteiger partial charge in [0.05, 0.1) is 12.6 Å². The van der Waals surface area contributed by atoms with Gasteiger partial charge >= 0.3 is 0 Å². The van der Waals surface area contributed by atoms with E-state index in [4.69, 9.17) is 0 Å². The minimum absolute atomic E-state index is 0.0582. The zero-order valence-electron chi connectivity index (χ0n) is 14.7. The third kappa shape index (κ3) is 2.79. The van der Waals surface area contributed by atoms with Gasteiger partial charge in [0.15, 0.2) is 5.82 Å². The Balaban J connectivity index is 1.64. The zero-order chi connectivity index (χ0) is 17.6. The smallest absolute Gasteiger partial charge is 0.273 e. The molecule has 1 amide bonds. The van der Waals surface area contributed by atoms with E-state index in [2.05, 4.69) is 38.6 Å². The van der Waals surface area contributed by atoms with Gasteiger partial charge in [-0.3, -0.25) is 4.79 Å². The summed E-state index contributed by atoms with van der Waals surface area (Å²) in [6, 6.07) is 5.87. The highest BCUT2D eigenvalue weighted by molar-refractivity contribution is 5.94. The molecule has 0 radical (unpaired) electrons. The van der Waals surface area contributed by atoms with Crippen LogP contribution in [0.1, 0.15) is 48.4 Å². The quantitative estimate of drug-likeness (QED) is 0.796. The summed E-state index contributed by atoms with van der Waals surface area (Å²) in [5.41, 5.74) is 1.20. The van der Waals surface area contributed by atoms with Gasteiger partial charge in [0.25, 0.3) is 5.91 Å². The molecule has 4 rings (SSSR count). The van der Waals surface area contributed by atoms with Crippen LogP contribution < -0.4 is 0 Å². The number of hydrogen-bond acceptors (Lipinski definition) is 4. The van der Waals surface area contributed by atoms with E-state index in [0.717, 1.165) is 29.1 Å². The van der Waals surface area contributed by atoms with Gasteiger partial charge in [0, 0.05) is 18.1 Å². The third-order valence-corrected chi connectivity index (χ3v) is 4.72. The summed E-state index contributed by atoms with van der Waals surface area (Å²) >= 11 is 0. The molecule has 3 aromatic rings. The van der Waals surface area contributed by atoms with Crippen LogP contribution in [0.4, 0.5) is 0 Å². The van der Waals surface area contributed by atoms with Crippen molar-refractivity contribution < 1.29 is 4.79 Å². The van der Waals surface area contributed by atoms with E-state index in [-0.39, 0.29) is 11.9 Å². The summed E-state index contributed by atoms with van der Waals surface area (Å²) in [5, 5.41) is 9.49. The summed E-state index contributed by atoms with van der Waals surface area (Å²) < 4.78 is 2.19. The maximum absolute atomic E-state index is 13.0. The molecule has 1 atom stereocenters. The van der Waals surface area contributed by atoms with Gasteiger partial charge in [0.1, 0.15) is 17.2 Å². The number of carbonyl (C=O) groups excluding carboxylic acids is 1. The average Bonchev–Trinajstić information content (AvgIpc) is 3.19. The number of pyridine rings is 1. The molecule has 3 aromatic heterocycles. The number of H-pyrrole nitrogens is 1. The molecular formula is C18H22N6O. The molecule has 7 heteroatoms. The van der Waals surface area contributed by atoms with Crippen LogP contribution in [-0.4, -0.2) is 42.1 Å². The standard InChI is InChI=1S/C18H22N6O/c1-11(2)8-14-9-23(10-16-22-21-12(3)24(14)16)18(25)15-5-4-13-6-7-19-17(13)20-15/h4-7,11,14H,8-10H2,1-3H3,(H,19,20)/t14-/m0/s1. The monoisotopic (exact) mass is 338 g/mol. The molecule has 25 heavy (non-hydrogen) atoms. The van der Waals surface area contributed by atoms with Crippen molar-refractivity contribution in [2.45, 2.75) is 39.8 Å². The Morgan fingerprint density at radius 1 is 1.32 bits per heavy atom. The van der Waals surface area contributed by atoms with E-state index in [1.54, 1.807) is 6.07 Å². The molecule has 130 valence electrons. The van der Waals surface area contributed by atoms with Gasteiger partial charge in [-0.25, -0.2) is 4.98 Å². The second-order valence-electron chi connectivity index (χ2n) is 7.11. The number of aryl methyl sites for hydroxylation is 1. The Kier molecular flexibility index (Phi) is 3.78. The lowest BCUT2D eigenvalue weighted by atomic mass is 10.0. The third-order valence-electron chi connectivity index (χ3n) is 4.72. The summed E-state index contributed by atoms with van der Waals surface area (Å²) in [6.45, 7) is 7.50. The van der Waals surface area contributed by atoms with Gasteiger partial charge in [-0.1, -0.05) is 13.8 Å². The van der Waals surface area contributed by atoms with Crippen LogP contribution in [-0.2, 0) is 6.54 Å². The first-order chi connectivity index (χ1) is 12.0. The van der Waals surface area contributed by atoms with Crippen LogP contribution in [0, 0.1) is 12.8 Å². The molecule has 0 unspecified atom stereocenters. The van der Waals surface area contributed by atoms with Crippen molar-refractivity contribution in [1.29, 1.82) is 0 Å². The lowest BCUT2D eigenvalue weighted by Gasteiger charge is -2.35. The molecule has 4 heterocycles. The van der Waals surface area contributed by atoms with E-state index < -0.39 is 0 Å². The van der Waals surface area contributed by atoms with Crippen LogP contribution in [0.2, 0.25) is 0 Å². The highest BCUT2D eigenvalue weighted by atomic mass is 16.2. The molecule has 0 saturated heterocycles. The Morgan fingerprint density at radius 2 is 2.16 bits per heavy atom. The fourth-order valence-electron chi connectivity index (χ4n) is 3.66. The zero-order valence-corrected chi connectivity index (χ0v) is 14.7. The van der Waals surface area contributed by atoms with Gasteiger partial charge in [-0.15, -0.1) is 10.2 Å². The second kappa shape index (κ2) is 5.98. The molecule has 0 aliphatic carbocycles. The van der Waals surface area contributed by atoms with Crippen molar-refractivity contribution >= 4 is 16.9 Å². The Labute approximate surface area is 146 Å². The van der Waals surface area contributed by atoms with Crippen LogP contribution >= 0.6 is 0 Å². The molecule has 0 bridgehead atoms. The number of carbonyl (C=O) groups is 1. The number of aromatic nitrogens is 5. The SMILES string of the molecule is Cc1nnc2n1[C@@H](CC(C)C)CN(C(=O)c1ccc3cc[nH]c3n1)C2. The molecule has 1 N–H and O–H groups in total. The number of amides is 1. The minimum atomic E-state index is -0.0582. The maximum atomic E-state index is 13.0. The molecule has 7 nitrogen and oxygen atoms in total. The maximum Gasteiger partial charge on any atom is 0.273 e. The first-order valence-electron chi connectivity index (χ1n) is 8.66. The topological polar surface area (TPSA) is 79.7 Å². The van der Waals surface area contributed by atoms with Gasteiger partial charge in [0.2, 0.25) is 0 Å².